The molecule has 10 heteroatoms. The van der Waals surface area contributed by atoms with Crippen molar-refractivity contribution < 1.29 is 23.9 Å². The first-order chi connectivity index (χ1) is 17.7. The van der Waals surface area contributed by atoms with Crippen molar-refractivity contribution in [1.29, 1.82) is 0 Å². The van der Waals surface area contributed by atoms with Gasteiger partial charge in [-0.15, -0.1) is 0 Å². The van der Waals surface area contributed by atoms with Gasteiger partial charge in [0.15, 0.2) is 0 Å². The molecule has 1 heterocycles. The average Bonchev–Trinajstić information content (AvgIpc) is 3.11. The third kappa shape index (κ3) is 7.05. The fourth-order valence-electron chi connectivity index (χ4n) is 3.56. The normalized spacial score (nSPS) is 14.3. The Hall–Kier alpha value is -2.58. The summed E-state index contributed by atoms with van der Waals surface area (Å²) >= 11 is 5.23. The molecule has 0 atom stereocenters. The molecule has 7 nitrogen and oxygen atoms in total. The van der Waals surface area contributed by atoms with Gasteiger partial charge in [-0.1, -0.05) is 29.8 Å². The van der Waals surface area contributed by atoms with E-state index in [1.165, 1.54) is 5.56 Å². The number of rotatable bonds is 8. The number of imide groups is 1. The lowest BCUT2D eigenvalue weighted by Crippen LogP contribution is -2.36. The van der Waals surface area contributed by atoms with Crippen LogP contribution in [-0.2, 0) is 16.2 Å². The topological polar surface area (TPSA) is 84.9 Å². The number of hydrogen-bond donors (Lipinski definition) is 1. The first kappa shape index (κ1) is 27.5. The van der Waals surface area contributed by atoms with Gasteiger partial charge in [0.2, 0.25) is 5.91 Å². The molecule has 0 aromatic heterocycles. The van der Waals surface area contributed by atoms with Crippen LogP contribution in [0.5, 0.6) is 11.5 Å². The average molecular weight is 740 g/mol. The van der Waals surface area contributed by atoms with Crippen LogP contribution in [0.15, 0.2) is 65.6 Å². The van der Waals surface area contributed by atoms with E-state index in [4.69, 9.17) is 9.47 Å². The maximum absolute atomic E-state index is 12.9. The number of halogens is 2. The summed E-state index contributed by atoms with van der Waals surface area (Å²) in [6.07, 6.45) is 1.67. The van der Waals surface area contributed by atoms with E-state index in [2.05, 4.69) is 56.6 Å². The highest BCUT2D eigenvalue weighted by Crippen LogP contribution is 2.35. The fourth-order valence-corrected chi connectivity index (χ4v) is 6.53. The van der Waals surface area contributed by atoms with E-state index in [0.29, 0.717) is 18.0 Å². The minimum absolute atomic E-state index is 0.266. The highest BCUT2D eigenvalue weighted by atomic mass is 127. The van der Waals surface area contributed by atoms with Crippen LogP contribution in [0.3, 0.4) is 0 Å². The number of hydrogen-bond acceptors (Lipinski definition) is 6. The SMILES string of the molecule is COc1ccc(NC(=O)CN2C(=O)S/C(=C/c3cc(I)c(OCc4cccc(C)c4)c(I)c3)C2=O)cc1. The predicted octanol–water partition coefficient (Wildman–Crippen LogP) is 6.47. The molecule has 3 aromatic carbocycles. The number of amides is 3. The maximum Gasteiger partial charge on any atom is 0.294 e. The number of thioether (sulfide) groups is 1. The van der Waals surface area contributed by atoms with E-state index in [1.54, 1.807) is 37.5 Å². The van der Waals surface area contributed by atoms with Crippen LogP contribution in [0, 0.1) is 14.1 Å². The van der Waals surface area contributed by atoms with Crippen molar-refractivity contribution in [2.75, 3.05) is 19.0 Å². The van der Waals surface area contributed by atoms with E-state index >= 15 is 0 Å². The molecular formula is C27H22I2N2O5S. The number of benzene rings is 3. The zero-order valence-corrected chi connectivity index (χ0v) is 25.0. The molecule has 1 N–H and O–H groups in total. The number of methoxy groups -OCH3 is 1. The summed E-state index contributed by atoms with van der Waals surface area (Å²) in [5.74, 6) is 0.463. The first-order valence-electron chi connectivity index (χ1n) is 11.1. The smallest absolute Gasteiger partial charge is 0.294 e. The molecule has 1 aliphatic heterocycles. The fraction of sp³-hybridized carbons (Fsp3) is 0.148. The maximum atomic E-state index is 12.9. The molecule has 0 spiro atoms. The van der Waals surface area contributed by atoms with Gasteiger partial charge in [0.05, 0.1) is 19.2 Å². The lowest BCUT2D eigenvalue weighted by atomic mass is 10.1. The molecule has 3 amide bonds. The van der Waals surface area contributed by atoms with Crippen molar-refractivity contribution in [2.24, 2.45) is 0 Å². The Morgan fingerprint density at radius 3 is 2.41 bits per heavy atom. The summed E-state index contributed by atoms with van der Waals surface area (Å²) < 4.78 is 13.0. The van der Waals surface area contributed by atoms with Gasteiger partial charge in [-0.25, -0.2) is 0 Å². The molecule has 1 aliphatic rings. The summed E-state index contributed by atoms with van der Waals surface area (Å²) in [6, 6.07) is 18.7. The summed E-state index contributed by atoms with van der Waals surface area (Å²) in [6.45, 7) is 2.13. The molecule has 190 valence electrons. The van der Waals surface area contributed by atoms with Crippen molar-refractivity contribution in [3.8, 4) is 11.5 Å². The van der Waals surface area contributed by atoms with Gasteiger partial charge in [-0.3, -0.25) is 19.3 Å². The molecule has 0 saturated carbocycles. The predicted molar refractivity (Wildman–Crippen MR) is 162 cm³/mol. The molecule has 0 bridgehead atoms. The van der Waals surface area contributed by atoms with Crippen molar-refractivity contribution in [3.05, 3.63) is 89.4 Å². The number of carbonyl (C=O) groups is 3. The van der Waals surface area contributed by atoms with Crippen LogP contribution in [0.25, 0.3) is 6.08 Å². The van der Waals surface area contributed by atoms with Crippen molar-refractivity contribution in [1.82, 2.24) is 4.90 Å². The van der Waals surface area contributed by atoms with Crippen LogP contribution in [-0.4, -0.2) is 35.6 Å². The second-order valence-corrected chi connectivity index (χ2v) is 11.5. The van der Waals surface area contributed by atoms with Gasteiger partial charge in [-0.2, -0.15) is 0 Å². The molecule has 0 unspecified atom stereocenters. The minimum Gasteiger partial charge on any atom is -0.497 e. The van der Waals surface area contributed by atoms with E-state index in [-0.39, 0.29) is 11.4 Å². The van der Waals surface area contributed by atoms with E-state index in [1.807, 2.05) is 37.3 Å². The molecule has 0 aliphatic carbocycles. The Morgan fingerprint density at radius 1 is 1.05 bits per heavy atom. The number of ether oxygens (including phenoxy) is 2. The number of aryl methyl sites for hydroxylation is 1. The Balaban J connectivity index is 1.42. The molecule has 1 fully saturated rings. The lowest BCUT2D eigenvalue weighted by Gasteiger charge is -2.13. The Bertz CT molecular complexity index is 1370. The summed E-state index contributed by atoms with van der Waals surface area (Å²) in [5, 5.41) is 2.21. The van der Waals surface area contributed by atoms with Crippen LogP contribution in [0.1, 0.15) is 16.7 Å². The van der Waals surface area contributed by atoms with Crippen LogP contribution >= 0.6 is 56.9 Å². The van der Waals surface area contributed by atoms with Gasteiger partial charge < -0.3 is 14.8 Å². The zero-order valence-electron chi connectivity index (χ0n) is 19.9. The van der Waals surface area contributed by atoms with Gasteiger partial charge in [0.25, 0.3) is 11.1 Å². The van der Waals surface area contributed by atoms with E-state index in [9.17, 15) is 14.4 Å². The molecule has 4 rings (SSSR count). The molecule has 1 saturated heterocycles. The zero-order chi connectivity index (χ0) is 26.5. The standard InChI is InChI=1S/C27H22I2N2O5S/c1-16-4-3-5-17(10-16)15-36-25-21(28)11-18(12-22(25)29)13-23-26(33)31(27(34)37-23)14-24(32)30-19-6-8-20(35-2)9-7-19/h3-13H,14-15H2,1-2H3,(H,30,32)/b23-13+. The molecular weight excluding hydrogens is 718 g/mol. The van der Waals surface area contributed by atoms with Crippen molar-refractivity contribution in [3.63, 3.8) is 0 Å². The van der Waals surface area contributed by atoms with Crippen molar-refractivity contribution >= 4 is 85.8 Å². The number of nitrogens with zero attached hydrogens (tertiary/aromatic N) is 1. The van der Waals surface area contributed by atoms with E-state index < -0.39 is 17.1 Å². The second kappa shape index (κ2) is 12.3. The molecule has 37 heavy (non-hydrogen) atoms. The third-order valence-corrected chi connectivity index (χ3v) is 7.84. The van der Waals surface area contributed by atoms with Gasteiger partial charge >= 0.3 is 0 Å². The Morgan fingerprint density at radius 2 is 1.76 bits per heavy atom. The number of nitrogens with one attached hydrogen (secondary N) is 1. The van der Waals surface area contributed by atoms with Gasteiger partial charge in [0, 0.05) is 5.69 Å². The number of carbonyl (C=O) groups excluding carboxylic acids is 3. The Kier molecular flexibility index (Phi) is 9.13. The summed E-state index contributed by atoms with van der Waals surface area (Å²) in [5.41, 5.74) is 3.57. The second-order valence-electron chi connectivity index (χ2n) is 8.14. The highest BCUT2D eigenvalue weighted by molar-refractivity contribution is 14.1. The first-order valence-corrected chi connectivity index (χ1v) is 14.1. The minimum atomic E-state index is -0.496. The third-order valence-electron chi connectivity index (χ3n) is 5.33. The summed E-state index contributed by atoms with van der Waals surface area (Å²) in [7, 11) is 1.55. The van der Waals surface area contributed by atoms with Crippen LogP contribution < -0.4 is 14.8 Å². The van der Waals surface area contributed by atoms with Crippen LogP contribution in [0.4, 0.5) is 10.5 Å². The quantitative estimate of drug-likeness (QED) is 0.211. The Labute approximate surface area is 246 Å². The molecule has 0 radical (unpaired) electrons. The van der Waals surface area contributed by atoms with Gasteiger partial charge in [-0.05, 0) is 117 Å². The number of anilines is 1. The van der Waals surface area contributed by atoms with Gasteiger partial charge in [0.1, 0.15) is 24.7 Å². The largest absolute Gasteiger partial charge is 0.497 e. The van der Waals surface area contributed by atoms with Crippen LogP contribution in [0.2, 0.25) is 0 Å². The monoisotopic (exact) mass is 740 g/mol. The van der Waals surface area contributed by atoms with Crippen molar-refractivity contribution in [2.45, 2.75) is 13.5 Å². The highest BCUT2D eigenvalue weighted by Gasteiger charge is 2.36. The lowest BCUT2D eigenvalue weighted by molar-refractivity contribution is -0.127. The summed E-state index contributed by atoms with van der Waals surface area (Å²) in [4.78, 5) is 39.1. The van der Waals surface area contributed by atoms with E-state index in [0.717, 1.165) is 40.7 Å². The molecule has 3 aromatic rings.